The Balaban J connectivity index is 1.68. The summed E-state index contributed by atoms with van der Waals surface area (Å²) in [5.74, 6) is 0.0186. The summed E-state index contributed by atoms with van der Waals surface area (Å²) in [5.41, 5.74) is 7.39. The fourth-order valence-electron chi connectivity index (χ4n) is 3.13. The number of carbonyl (C=O) groups is 2. The summed E-state index contributed by atoms with van der Waals surface area (Å²) in [6.07, 6.45) is 3.43. The Morgan fingerprint density at radius 1 is 1.36 bits per heavy atom. The highest BCUT2D eigenvalue weighted by Crippen LogP contribution is 2.26. The molecule has 1 aromatic carbocycles. The molecule has 0 aromatic heterocycles. The van der Waals surface area contributed by atoms with Crippen LogP contribution >= 0.6 is 0 Å². The molecular weight excluding hydrogens is 280 g/mol. The second kappa shape index (κ2) is 6.36. The highest BCUT2D eigenvalue weighted by Gasteiger charge is 2.28. The molecule has 2 unspecified atom stereocenters. The van der Waals surface area contributed by atoms with E-state index in [4.69, 9.17) is 5.73 Å². The topological polar surface area (TPSA) is 87.5 Å². The van der Waals surface area contributed by atoms with Crippen molar-refractivity contribution in [3.63, 3.8) is 0 Å². The second-order valence-electron chi connectivity index (χ2n) is 6.05. The van der Waals surface area contributed by atoms with Gasteiger partial charge in [0.2, 0.25) is 5.91 Å². The van der Waals surface area contributed by atoms with Gasteiger partial charge in [0.25, 0.3) is 0 Å². The van der Waals surface area contributed by atoms with Crippen molar-refractivity contribution in [1.29, 1.82) is 0 Å². The summed E-state index contributed by atoms with van der Waals surface area (Å²) in [6, 6.07) is 7.48. The Hall–Kier alpha value is -2.08. The molecule has 1 saturated heterocycles. The molecule has 4 N–H and O–H groups in total. The average molecular weight is 302 g/mol. The van der Waals surface area contributed by atoms with Crippen molar-refractivity contribution in [3.05, 3.63) is 24.3 Å². The SMILES string of the molecule is NC1CCC(C(=O)Nc2cccc(N3CCCNC3=O)c2)C1. The lowest BCUT2D eigenvalue weighted by molar-refractivity contribution is -0.119. The first-order valence-electron chi connectivity index (χ1n) is 7.85. The van der Waals surface area contributed by atoms with Crippen molar-refractivity contribution in [2.45, 2.75) is 31.7 Å². The Bertz CT molecular complexity index is 575. The van der Waals surface area contributed by atoms with Crippen LogP contribution in [0, 0.1) is 5.92 Å². The lowest BCUT2D eigenvalue weighted by atomic mass is 10.1. The highest BCUT2D eigenvalue weighted by molar-refractivity contribution is 5.96. The third-order valence-electron chi connectivity index (χ3n) is 4.35. The Labute approximate surface area is 130 Å². The lowest BCUT2D eigenvalue weighted by Crippen LogP contribution is -2.46. The lowest BCUT2D eigenvalue weighted by Gasteiger charge is -2.27. The number of carbonyl (C=O) groups excluding carboxylic acids is 2. The first-order chi connectivity index (χ1) is 10.6. The van der Waals surface area contributed by atoms with Crippen LogP contribution in [-0.2, 0) is 4.79 Å². The van der Waals surface area contributed by atoms with Gasteiger partial charge in [-0.2, -0.15) is 0 Å². The molecule has 0 spiro atoms. The second-order valence-corrected chi connectivity index (χ2v) is 6.05. The van der Waals surface area contributed by atoms with Crippen molar-refractivity contribution in [3.8, 4) is 0 Å². The van der Waals surface area contributed by atoms with E-state index in [1.54, 1.807) is 4.90 Å². The molecule has 0 bridgehead atoms. The Morgan fingerprint density at radius 3 is 2.95 bits per heavy atom. The molecule has 1 aliphatic carbocycles. The number of benzene rings is 1. The zero-order chi connectivity index (χ0) is 15.5. The smallest absolute Gasteiger partial charge is 0.321 e. The molecule has 0 radical (unpaired) electrons. The number of rotatable bonds is 3. The molecule has 3 rings (SSSR count). The Kier molecular flexibility index (Phi) is 4.29. The maximum atomic E-state index is 12.3. The largest absolute Gasteiger partial charge is 0.338 e. The van der Waals surface area contributed by atoms with Crippen molar-refractivity contribution in [2.24, 2.45) is 11.7 Å². The summed E-state index contributed by atoms with van der Waals surface area (Å²) in [7, 11) is 0. The first-order valence-corrected chi connectivity index (χ1v) is 7.85. The van der Waals surface area contributed by atoms with E-state index in [0.29, 0.717) is 13.1 Å². The summed E-state index contributed by atoms with van der Waals surface area (Å²) in [6.45, 7) is 1.41. The van der Waals surface area contributed by atoms with Crippen LogP contribution in [0.5, 0.6) is 0 Å². The van der Waals surface area contributed by atoms with Crippen molar-refractivity contribution in [2.75, 3.05) is 23.3 Å². The number of hydrogen-bond donors (Lipinski definition) is 3. The van der Waals surface area contributed by atoms with E-state index >= 15 is 0 Å². The van der Waals surface area contributed by atoms with Gasteiger partial charge in [-0.15, -0.1) is 0 Å². The maximum Gasteiger partial charge on any atom is 0.321 e. The van der Waals surface area contributed by atoms with Gasteiger partial charge in [-0.1, -0.05) is 6.07 Å². The van der Waals surface area contributed by atoms with E-state index in [9.17, 15) is 9.59 Å². The predicted octanol–water partition coefficient (Wildman–Crippen LogP) is 1.67. The molecular formula is C16H22N4O2. The number of hydrogen-bond acceptors (Lipinski definition) is 3. The zero-order valence-corrected chi connectivity index (χ0v) is 12.5. The Morgan fingerprint density at radius 2 is 2.23 bits per heavy atom. The maximum absolute atomic E-state index is 12.3. The van der Waals surface area contributed by atoms with E-state index in [0.717, 1.165) is 37.1 Å². The molecule has 1 aromatic rings. The number of nitrogens with one attached hydrogen (secondary N) is 2. The van der Waals surface area contributed by atoms with Gasteiger partial charge in [-0.3, -0.25) is 9.69 Å². The van der Waals surface area contributed by atoms with Crippen molar-refractivity contribution >= 4 is 23.3 Å². The van der Waals surface area contributed by atoms with E-state index in [1.807, 2.05) is 24.3 Å². The molecule has 6 heteroatoms. The zero-order valence-electron chi connectivity index (χ0n) is 12.5. The van der Waals surface area contributed by atoms with E-state index in [-0.39, 0.29) is 23.9 Å². The first kappa shape index (κ1) is 14.8. The molecule has 1 saturated carbocycles. The fourth-order valence-corrected chi connectivity index (χ4v) is 3.13. The molecule has 6 nitrogen and oxygen atoms in total. The van der Waals surface area contributed by atoms with Crippen molar-refractivity contribution < 1.29 is 9.59 Å². The van der Waals surface area contributed by atoms with Crippen molar-refractivity contribution in [1.82, 2.24) is 5.32 Å². The van der Waals surface area contributed by atoms with Gasteiger partial charge >= 0.3 is 6.03 Å². The number of anilines is 2. The summed E-state index contributed by atoms with van der Waals surface area (Å²) in [4.78, 5) is 25.8. The molecule has 22 heavy (non-hydrogen) atoms. The quantitative estimate of drug-likeness (QED) is 0.793. The van der Waals surface area contributed by atoms with Gasteiger partial charge in [0.15, 0.2) is 0 Å². The number of amides is 3. The van der Waals surface area contributed by atoms with Gasteiger partial charge in [0.05, 0.1) is 0 Å². The van der Waals surface area contributed by atoms with Gasteiger partial charge in [0.1, 0.15) is 0 Å². The molecule has 2 fully saturated rings. The van der Waals surface area contributed by atoms with Crippen LogP contribution in [0.25, 0.3) is 0 Å². The standard InChI is InChI=1S/C16H22N4O2/c17-12-6-5-11(9-12)15(21)19-13-3-1-4-14(10-13)20-8-2-7-18-16(20)22/h1,3-4,10-12H,2,5-9,17H2,(H,18,22)(H,19,21). The van der Waals surface area contributed by atoms with Crippen LogP contribution in [0.4, 0.5) is 16.2 Å². The van der Waals surface area contributed by atoms with E-state index in [1.165, 1.54) is 0 Å². The van der Waals surface area contributed by atoms with Crippen LogP contribution in [0.15, 0.2) is 24.3 Å². The molecule has 2 atom stereocenters. The molecule has 1 aliphatic heterocycles. The normalized spacial score (nSPS) is 25.0. The number of nitrogens with two attached hydrogens (primary N) is 1. The monoisotopic (exact) mass is 302 g/mol. The predicted molar refractivity (Wildman–Crippen MR) is 85.7 cm³/mol. The number of urea groups is 1. The molecule has 118 valence electrons. The average Bonchev–Trinajstić information content (AvgIpc) is 2.95. The minimum absolute atomic E-state index is 0.00283. The third kappa shape index (κ3) is 3.22. The summed E-state index contributed by atoms with van der Waals surface area (Å²) >= 11 is 0. The molecule has 3 amide bonds. The van der Waals surface area contributed by atoms with Crippen LogP contribution in [-0.4, -0.2) is 31.1 Å². The van der Waals surface area contributed by atoms with E-state index < -0.39 is 0 Å². The molecule has 1 heterocycles. The minimum Gasteiger partial charge on any atom is -0.338 e. The van der Waals surface area contributed by atoms with Crippen LogP contribution in [0.1, 0.15) is 25.7 Å². The van der Waals surface area contributed by atoms with Gasteiger partial charge in [-0.05, 0) is 43.9 Å². The van der Waals surface area contributed by atoms with Gasteiger partial charge < -0.3 is 16.4 Å². The minimum atomic E-state index is -0.0866. The molecule has 2 aliphatic rings. The van der Waals surface area contributed by atoms with Gasteiger partial charge in [-0.25, -0.2) is 4.79 Å². The van der Waals surface area contributed by atoms with E-state index in [2.05, 4.69) is 10.6 Å². The summed E-state index contributed by atoms with van der Waals surface area (Å²) in [5, 5.41) is 5.77. The van der Waals surface area contributed by atoms with Crippen LogP contribution in [0.3, 0.4) is 0 Å². The van der Waals surface area contributed by atoms with Crippen LogP contribution < -0.4 is 21.3 Å². The van der Waals surface area contributed by atoms with Gasteiger partial charge in [0, 0.05) is 36.4 Å². The summed E-state index contributed by atoms with van der Waals surface area (Å²) < 4.78 is 0. The van der Waals surface area contributed by atoms with Crippen LogP contribution in [0.2, 0.25) is 0 Å². The third-order valence-corrected chi connectivity index (χ3v) is 4.35. The number of nitrogens with zero attached hydrogens (tertiary/aromatic N) is 1. The fraction of sp³-hybridized carbons (Fsp3) is 0.500. The highest BCUT2D eigenvalue weighted by atomic mass is 16.2.